The summed E-state index contributed by atoms with van der Waals surface area (Å²) in [7, 11) is 0. The summed E-state index contributed by atoms with van der Waals surface area (Å²) in [5, 5.41) is 12.2. The lowest BCUT2D eigenvalue weighted by atomic mass is 10.1. The number of benzene rings is 2. The van der Waals surface area contributed by atoms with Crippen molar-refractivity contribution in [2.75, 3.05) is 5.32 Å². The average molecular weight is 371 g/mol. The number of aromatic hydroxyl groups is 1. The van der Waals surface area contributed by atoms with Crippen LogP contribution in [-0.2, 0) is 0 Å². The zero-order valence-corrected chi connectivity index (χ0v) is 12.2. The summed E-state index contributed by atoms with van der Waals surface area (Å²) in [6.45, 7) is 1.63. The molecule has 2 rings (SSSR count). The molecule has 0 saturated carbocycles. The van der Waals surface area contributed by atoms with Crippen LogP contribution in [0.4, 0.5) is 10.1 Å². The van der Waals surface area contributed by atoms with E-state index in [-0.39, 0.29) is 17.5 Å². The molecule has 2 aromatic rings. The maximum Gasteiger partial charge on any atom is 0.255 e. The van der Waals surface area contributed by atoms with Gasteiger partial charge in [0, 0.05) is 11.3 Å². The number of carbonyl (C=O) groups is 1. The predicted octanol–water partition coefficient (Wildman–Crippen LogP) is 3.70. The third-order valence-electron chi connectivity index (χ3n) is 2.62. The molecule has 98 valence electrons. The molecule has 0 aromatic heterocycles. The minimum atomic E-state index is -0.349. The summed E-state index contributed by atoms with van der Waals surface area (Å²) in [5.41, 5.74) is 1.32. The van der Waals surface area contributed by atoms with Crippen molar-refractivity contribution in [3.8, 4) is 5.75 Å². The Morgan fingerprint density at radius 2 is 2.00 bits per heavy atom. The molecule has 19 heavy (non-hydrogen) atoms. The SMILES string of the molecule is Cc1cc(NC(=O)c2ccc(I)c(O)c2)ccc1F. The smallest absolute Gasteiger partial charge is 0.255 e. The molecule has 0 fully saturated rings. The molecule has 5 heteroatoms. The van der Waals surface area contributed by atoms with E-state index in [4.69, 9.17) is 0 Å². The molecular weight excluding hydrogens is 360 g/mol. The normalized spacial score (nSPS) is 10.3. The van der Waals surface area contributed by atoms with Crippen LogP contribution in [0.5, 0.6) is 5.75 Å². The van der Waals surface area contributed by atoms with Gasteiger partial charge in [0.25, 0.3) is 5.91 Å². The van der Waals surface area contributed by atoms with Crippen molar-refractivity contribution >= 4 is 34.2 Å². The monoisotopic (exact) mass is 371 g/mol. The number of halogens is 2. The van der Waals surface area contributed by atoms with Gasteiger partial charge in [-0.1, -0.05) is 0 Å². The Balaban J connectivity index is 2.20. The summed E-state index contributed by atoms with van der Waals surface area (Å²) in [6.07, 6.45) is 0. The molecule has 0 atom stereocenters. The van der Waals surface area contributed by atoms with Gasteiger partial charge < -0.3 is 10.4 Å². The van der Waals surface area contributed by atoms with E-state index in [0.29, 0.717) is 20.4 Å². The number of phenolic OH excluding ortho intramolecular Hbond substituents is 1. The fraction of sp³-hybridized carbons (Fsp3) is 0.0714. The Morgan fingerprint density at radius 3 is 2.63 bits per heavy atom. The van der Waals surface area contributed by atoms with Gasteiger partial charge in [-0.3, -0.25) is 4.79 Å². The Morgan fingerprint density at radius 1 is 1.26 bits per heavy atom. The first-order chi connectivity index (χ1) is 8.97. The Kier molecular flexibility index (Phi) is 4.04. The Hall–Kier alpha value is -1.63. The second-order valence-electron chi connectivity index (χ2n) is 4.08. The van der Waals surface area contributed by atoms with Gasteiger partial charge in [-0.15, -0.1) is 0 Å². The summed E-state index contributed by atoms with van der Waals surface area (Å²) in [5.74, 6) is -0.605. The van der Waals surface area contributed by atoms with Gasteiger partial charge in [-0.05, 0) is 71.5 Å². The van der Waals surface area contributed by atoms with E-state index >= 15 is 0 Å². The van der Waals surface area contributed by atoms with E-state index in [2.05, 4.69) is 5.32 Å². The molecule has 0 bridgehead atoms. The van der Waals surface area contributed by atoms with Gasteiger partial charge in [0.05, 0.1) is 3.57 Å². The quantitative estimate of drug-likeness (QED) is 0.792. The zero-order chi connectivity index (χ0) is 14.0. The fourth-order valence-electron chi connectivity index (χ4n) is 1.58. The summed E-state index contributed by atoms with van der Waals surface area (Å²) >= 11 is 1.97. The van der Waals surface area contributed by atoms with Crippen LogP contribution in [0.25, 0.3) is 0 Å². The lowest BCUT2D eigenvalue weighted by Gasteiger charge is -2.07. The number of amides is 1. The van der Waals surface area contributed by atoms with E-state index in [1.54, 1.807) is 25.1 Å². The number of phenols is 1. The van der Waals surface area contributed by atoms with Gasteiger partial charge >= 0.3 is 0 Å². The van der Waals surface area contributed by atoms with Gasteiger partial charge in [0.1, 0.15) is 11.6 Å². The van der Waals surface area contributed by atoms with Gasteiger partial charge in [0.2, 0.25) is 0 Å². The van der Waals surface area contributed by atoms with Crippen molar-refractivity contribution in [1.82, 2.24) is 0 Å². The van der Waals surface area contributed by atoms with Crippen LogP contribution in [-0.4, -0.2) is 11.0 Å². The molecule has 2 aromatic carbocycles. The first kappa shape index (κ1) is 13.8. The molecule has 0 saturated heterocycles. The van der Waals surface area contributed by atoms with Crippen LogP contribution in [0.15, 0.2) is 36.4 Å². The number of rotatable bonds is 2. The second-order valence-corrected chi connectivity index (χ2v) is 5.25. The number of aryl methyl sites for hydroxylation is 1. The molecule has 0 spiro atoms. The van der Waals surface area contributed by atoms with Crippen molar-refractivity contribution in [3.63, 3.8) is 0 Å². The molecule has 1 amide bonds. The zero-order valence-electron chi connectivity index (χ0n) is 10.1. The molecule has 0 aliphatic rings. The van der Waals surface area contributed by atoms with Crippen LogP contribution < -0.4 is 5.32 Å². The molecule has 0 aliphatic heterocycles. The van der Waals surface area contributed by atoms with Crippen molar-refractivity contribution in [1.29, 1.82) is 0 Å². The van der Waals surface area contributed by atoms with Gasteiger partial charge in [-0.25, -0.2) is 4.39 Å². The van der Waals surface area contributed by atoms with Crippen LogP contribution >= 0.6 is 22.6 Å². The number of carbonyl (C=O) groups excluding carboxylic acids is 1. The van der Waals surface area contributed by atoms with Crippen LogP contribution in [0.3, 0.4) is 0 Å². The molecular formula is C14H11FINO2. The van der Waals surface area contributed by atoms with E-state index in [9.17, 15) is 14.3 Å². The number of nitrogens with one attached hydrogen (secondary N) is 1. The Bertz CT molecular complexity index is 643. The molecule has 0 unspecified atom stereocenters. The first-order valence-electron chi connectivity index (χ1n) is 5.53. The highest BCUT2D eigenvalue weighted by atomic mass is 127. The number of hydrogen-bond donors (Lipinski definition) is 2. The van der Waals surface area contributed by atoms with Crippen molar-refractivity contribution < 1.29 is 14.3 Å². The minimum Gasteiger partial charge on any atom is -0.507 e. The Labute approximate surface area is 123 Å². The summed E-state index contributed by atoms with van der Waals surface area (Å²) in [4.78, 5) is 12.0. The number of anilines is 1. The maximum absolute atomic E-state index is 13.1. The average Bonchev–Trinajstić information content (AvgIpc) is 2.37. The number of hydrogen-bond acceptors (Lipinski definition) is 2. The summed E-state index contributed by atoms with van der Waals surface area (Å²) in [6, 6.07) is 9.02. The van der Waals surface area contributed by atoms with E-state index in [1.165, 1.54) is 18.2 Å². The molecule has 0 radical (unpaired) electrons. The molecule has 0 heterocycles. The lowest BCUT2D eigenvalue weighted by Crippen LogP contribution is -2.12. The van der Waals surface area contributed by atoms with Crippen LogP contribution in [0, 0.1) is 16.3 Å². The first-order valence-corrected chi connectivity index (χ1v) is 6.61. The van der Waals surface area contributed by atoms with E-state index in [1.807, 2.05) is 22.6 Å². The van der Waals surface area contributed by atoms with Crippen LogP contribution in [0.2, 0.25) is 0 Å². The minimum absolute atomic E-state index is 0.0588. The standard InChI is InChI=1S/C14H11FINO2/c1-8-6-10(3-4-11(8)15)17-14(19)9-2-5-12(16)13(18)7-9/h2-7,18H,1H3,(H,17,19). The predicted molar refractivity (Wildman–Crippen MR) is 79.9 cm³/mol. The highest BCUT2D eigenvalue weighted by molar-refractivity contribution is 14.1. The molecule has 3 nitrogen and oxygen atoms in total. The highest BCUT2D eigenvalue weighted by Crippen LogP contribution is 2.21. The van der Waals surface area contributed by atoms with Crippen molar-refractivity contribution in [2.45, 2.75) is 6.92 Å². The maximum atomic E-state index is 13.1. The highest BCUT2D eigenvalue weighted by Gasteiger charge is 2.09. The topological polar surface area (TPSA) is 49.3 Å². The third-order valence-corrected chi connectivity index (χ3v) is 3.54. The lowest BCUT2D eigenvalue weighted by molar-refractivity contribution is 0.102. The van der Waals surface area contributed by atoms with Crippen molar-refractivity contribution in [3.05, 3.63) is 56.9 Å². The van der Waals surface area contributed by atoms with E-state index < -0.39 is 0 Å². The van der Waals surface area contributed by atoms with Gasteiger partial charge in [0.15, 0.2) is 0 Å². The van der Waals surface area contributed by atoms with Gasteiger partial charge in [-0.2, -0.15) is 0 Å². The van der Waals surface area contributed by atoms with Crippen molar-refractivity contribution in [2.24, 2.45) is 0 Å². The second kappa shape index (κ2) is 5.56. The largest absolute Gasteiger partial charge is 0.507 e. The molecule has 0 aliphatic carbocycles. The molecule has 2 N–H and O–H groups in total. The summed E-state index contributed by atoms with van der Waals surface area (Å²) < 4.78 is 13.8. The van der Waals surface area contributed by atoms with Crippen LogP contribution in [0.1, 0.15) is 15.9 Å². The van der Waals surface area contributed by atoms with E-state index in [0.717, 1.165) is 0 Å². The third kappa shape index (κ3) is 3.23. The fourth-order valence-corrected chi connectivity index (χ4v) is 1.92.